The van der Waals surface area contributed by atoms with E-state index in [-0.39, 0.29) is 5.75 Å². The van der Waals surface area contributed by atoms with Gasteiger partial charge in [0.1, 0.15) is 5.75 Å². The Morgan fingerprint density at radius 3 is 2.80 bits per heavy atom. The minimum absolute atomic E-state index is 0.250. The molecule has 0 aliphatic rings. The number of aromatic nitrogens is 1. The van der Waals surface area contributed by atoms with Crippen molar-refractivity contribution in [3.8, 4) is 5.75 Å². The molecule has 98 valence electrons. The Kier molecular flexibility index (Phi) is 3.17. The number of phenolic OH excluding ortho intramolecular Hbond substituents is 1. The summed E-state index contributed by atoms with van der Waals surface area (Å²) in [4.78, 5) is 8.48. The van der Waals surface area contributed by atoms with E-state index in [1.54, 1.807) is 12.4 Å². The predicted octanol–water partition coefficient (Wildman–Crippen LogP) is 4.00. The number of phenols is 1. The van der Waals surface area contributed by atoms with E-state index in [0.29, 0.717) is 11.4 Å². The highest BCUT2D eigenvalue weighted by Gasteiger charge is 2.03. The quantitative estimate of drug-likeness (QED) is 0.709. The molecule has 3 nitrogen and oxygen atoms in total. The van der Waals surface area contributed by atoms with Gasteiger partial charge >= 0.3 is 0 Å². The SMILES string of the molecule is Cc1ccnc(N=Cc2ccc3ccccc3c2O)c1. The van der Waals surface area contributed by atoms with Gasteiger partial charge in [0.25, 0.3) is 0 Å². The summed E-state index contributed by atoms with van der Waals surface area (Å²) >= 11 is 0. The molecule has 0 unspecified atom stereocenters. The van der Waals surface area contributed by atoms with Gasteiger partial charge in [-0.3, -0.25) is 0 Å². The molecule has 1 heterocycles. The number of benzene rings is 2. The van der Waals surface area contributed by atoms with E-state index in [4.69, 9.17) is 0 Å². The second kappa shape index (κ2) is 5.13. The van der Waals surface area contributed by atoms with E-state index in [0.717, 1.165) is 16.3 Å². The highest BCUT2D eigenvalue weighted by atomic mass is 16.3. The fourth-order valence-corrected chi connectivity index (χ4v) is 2.10. The summed E-state index contributed by atoms with van der Waals surface area (Å²) in [6.45, 7) is 1.99. The predicted molar refractivity (Wildman–Crippen MR) is 81.8 cm³/mol. The van der Waals surface area contributed by atoms with Crippen molar-refractivity contribution in [2.45, 2.75) is 6.92 Å². The van der Waals surface area contributed by atoms with E-state index < -0.39 is 0 Å². The zero-order valence-electron chi connectivity index (χ0n) is 11.1. The smallest absolute Gasteiger partial charge is 0.151 e. The van der Waals surface area contributed by atoms with Gasteiger partial charge in [0.05, 0.1) is 0 Å². The number of nitrogens with zero attached hydrogens (tertiary/aromatic N) is 2. The Morgan fingerprint density at radius 1 is 1.10 bits per heavy atom. The van der Waals surface area contributed by atoms with Gasteiger partial charge in [0, 0.05) is 23.4 Å². The third-order valence-electron chi connectivity index (χ3n) is 3.17. The molecule has 0 aliphatic carbocycles. The lowest BCUT2D eigenvalue weighted by Crippen LogP contribution is -1.85. The van der Waals surface area contributed by atoms with Crippen LogP contribution in [0, 0.1) is 6.92 Å². The molecule has 2 aromatic carbocycles. The summed E-state index contributed by atoms with van der Waals surface area (Å²) in [7, 11) is 0. The van der Waals surface area contributed by atoms with Gasteiger partial charge in [-0.1, -0.05) is 30.3 Å². The molecular formula is C17H14N2O. The highest BCUT2D eigenvalue weighted by molar-refractivity contribution is 5.97. The lowest BCUT2D eigenvalue weighted by Gasteiger charge is -2.03. The molecule has 3 aromatic rings. The first kappa shape index (κ1) is 12.4. The number of aromatic hydroxyl groups is 1. The van der Waals surface area contributed by atoms with Crippen LogP contribution in [-0.4, -0.2) is 16.3 Å². The van der Waals surface area contributed by atoms with Gasteiger partial charge in [0.2, 0.25) is 0 Å². The molecule has 3 heteroatoms. The number of fused-ring (bicyclic) bond motifs is 1. The molecule has 0 fully saturated rings. The highest BCUT2D eigenvalue weighted by Crippen LogP contribution is 2.27. The Balaban J connectivity index is 2.01. The van der Waals surface area contributed by atoms with Gasteiger partial charge in [-0.15, -0.1) is 0 Å². The summed E-state index contributed by atoms with van der Waals surface area (Å²) < 4.78 is 0. The first-order valence-corrected chi connectivity index (χ1v) is 6.41. The summed E-state index contributed by atoms with van der Waals surface area (Å²) in [5, 5.41) is 12.1. The maximum absolute atomic E-state index is 10.3. The van der Waals surface area contributed by atoms with Crippen LogP contribution in [0.5, 0.6) is 5.75 Å². The molecule has 0 bridgehead atoms. The topological polar surface area (TPSA) is 45.5 Å². The number of rotatable bonds is 2. The largest absolute Gasteiger partial charge is 0.507 e. The van der Waals surface area contributed by atoms with Crippen LogP contribution in [0.2, 0.25) is 0 Å². The van der Waals surface area contributed by atoms with Crippen LogP contribution >= 0.6 is 0 Å². The van der Waals surface area contributed by atoms with Gasteiger partial charge in [-0.2, -0.15) is 0 Å². The van der Waals surface area contributed by atoms with Crippen LogP contribution in [-0.2, 0) is 0 Å². The van der Waals surface area contributed by atoms with E-state index in [9.17, 15) is 5.11 Å². The summed E-state index contributed by atoms with van der Waals surface area (Å²) in [6.07, 6.45) is 3.37. The minimum Gasteiger partial charge on any atom is -0.507 e. The van der Waals surface area contributed by atoms with Crippen LogP contribution in [0.3, 0.4) is 0 Å². The number of hydrogen-bond acceptors (Lipinski definition) is 3. The van der Waals surface area contributed by atoms with Crippen molar-refractivity contribution in [2.75, 3.05) is 0 Å². The molecule has 20 heavy (non-hydrogen) atoms. The molecule has 0 saturated carbocycles. The van der Waals surface area contributed by atoms with Crippen molar-refractivity contribution >= 4 is 22.8 Å². The van der Waals surface area contributed by atoms with Crippen LogP contribution in [0.15, 0.2) is 59.7 Å². The molecular weight excluding hydrogens is 248 g/mol. The molecule has 3 rings (SSSR count). The lowest BCUT2D eigenvalue weighted by molar-refractivity contribution is 0.481. The lowest BCUT2D eigenvalue weighted by atomic mass is 10.1. The van der Waals surface area contributed by atoms with E-state index in [1.807, 2.05) is 55.5 Å². The maximum atomic E-state index is 10.3. The summed E-state index contributed by atoms with van der Waals surface area (Å²) in [6, 6.07) is 15.4. The van der Waals surface area contributed by atoms with Gasteiger partial charge in [0.15, 0.2) is 5.82 Å². The average molecular weight is 262 g/mol. The third kappa shape index (κ3) is 2.38. The van der Waals surface area contributed by atoms with E-state index >= 15 is 0 Å². The van der Waals surface area contributed by atoms with Gasteiger partial charge < -0.3 is 5.11 Å². The fraction of sp³-hybridized carbons (Fsp3) is 0.0588. The van der Waals surface area contributed by atoms with Crippen LogP contribution in [0.1, 0.15) is 11.1 Å². The van der Waals surface area contributed by atoms with Crippen molar-refractivity contribution in [1.82, 2.24) is 4.98 Å². The van der Waals surface area contributed by atoms with Crippen molar-refractivity contribution in [2.24, 2.45) is 4.99 Å². The molecule has 0 spiro atoms. The second-order valence-corrected chi connectivity index (χ2v) is 4.67. The molecule has 0 atom stereocenters. The summed E-state index contributed by atoms with van der Waals surface area (Å²) in [5.41, 5.74) is 1.79. The number of aryl methyl sites for hydroxylation is 1. The molecule has 1 N–H and O–H groups in total. The first-order chi connectivity index (χ1) is 9.74. The first-order valence-electron chi connectivity index (χ1n) is 6.41. The van der Waals surface area contributed by atoms with Crippen LogP contribution in [0.4, 0.5) is 5.82 Å². The number of hydrogen-bond donors (Lipinski definition) is 1. The van der Waals surface area contributed by atoms with Gasteiger partial charge in [-0.05, 0) is 36.1 Å². The minimum atomic E-state index is 0.250. The van der Waals surface area contributed by atoms with Crippen molar-refractivity contribution in [1.29, 1.82) is 0 Å². The summed E-state index contributed by atoms with van der Waals surface area (Å²) in [5.74, 6) is 0.886. The van der Waals surface area contributed by atoms with Crippen molar-refractivity contribution in [3.05, 3.63) is 65.9 Å². The van der Waals surface area contributed by atoms with Crippen molar-refractivity contribution < 1.29 is 5.11 Å². The normalized spacial score (nSPS) is 11.2. The van der Waals surface area contributed by atoms with Crippen molar-refractivity contribution in [3.63, 3.8) is 0 Å². The average Bonchev–Trinajstić information content (AvgIpc) is 2.47. The zero-order chi connectivity index (χ0) is 13.9. The Hall–Kier alpha value is -2.68. The Morgan fingerprint density at radius 2 is 1.95 bits per heavy atom. The number of aliphatic imine (C=N–C) groups is 1. The standard InChI is InChI=1S/C17H14N2O/c1-12-8-9-18-16(10-12)19-11-14-7-6-13-4-2-3-5-15(13)17(14)20/h2-11,20H,1H3. The molecule has 0 aliphatic heterocycles. The van der Waals surface area contributed by atoms with Gasteiger partial charge in [-0.25, -0.2) is 9.98 Å². The molecule has 1 aromatic heterocycles. The Bertz CT molecular complexity index is 794. The van der Waals surface area contributed by atoms with E-state index in [2.05, 4.69) is 9.98 Å². The van der Waals surface area contributed by atoms with Crippen LogP contribution in [0.25, 0.3) is 10.8 Å². The maximum Gasteiger partial charge on any atom is 0.151 e. The van der Waals surface area contributed by atoms with Crippen LogP contribution < -0.4 is 0 Å². The third-order valence-corrected chi connectivity index (χ3v) is 3.17. The molecule has 0 radical (unpaired) electrons. The zero-order valence-corrected chi connectivity index (χ0v) is 11.1. The molecule has 0 saturated heterocycles. The monoisotopic (exact) mass is 262 g/mol. The fourth-order valence-electron chi connectivity index (χ4n) is 2.10. The second-order valence-electron chi connectivity index (χ2n) is 4.67. The molecule has 0 amide bonds. The number of pyridine rings is 1. The Labute approximate surface area is 117 Å². The van der Waals surface area contributed by atoms with E-state index in [1.165, 1.54) is 0 Å².